The predicted molar refractivity (Wildman–Crippen MR) is 124 cm³/mol. The van der Waals surface area contributed by atoms with Crippen molar-refractivity contribution in [3.63, 3.8) is 0 Å². The molecule has 0 saturated carbocycles. The average Bonchev–Trinajstić information content (AvgIpc) is 3.40. The molecule has 1 aliphatic rings. The summed E-state index contributed by atoms with van der Waals surface area (Å²) in [5.41, 5.74) is 6.76. The quantitative estimate of drug-likeness (QED) is 0.543. The van der Waals surface area contributed by atoms with Crippen LogP contribution in [0.4, 0.5) is 11.8 Å². The zero-order valence-electron chi connectivity index (χ0n) is 19.2. The lowest BCUT2D eigenvalue weighted by atomic mass is 9.96. The van der Waals surface area contributed by atoms with Crippen LogP contribution < -0.4 is 11.1 Å². The number of hydrogen-bond donors (Lipinski definition) is 2. The summed E-state index contributed by atoms with van der Waals surface area (Å²) in [6.45, 7) is 9.75. The lowest BCUT2D eigenvalue weighted by molar-refractivity contribution is -0.123. The fraction of sp³-hybridized carbons (Fsp3) is 0.591. The third kappa shape index (κ3) is 4.90. The molecule has 0 bridgehead atoms. The molecule has 1 fully saturated rings. The molecule has 1 saturated heterocycles. The predicted octanol–water partition coefficient (Wildman–Crippen LogP) is 2.84. The van der Waals surface area contributed by atoms with Crippen LogP contribution in [-0.4, -0.2) is 59.7 Å². The van der Waals surface area contributed by atoms with E-state index < -0.39 is 5.41 Å². The zero-order valence-corrected chi connectivity index (χ0v) is 19.2. The molecule has 10 heteroatoms. The molecule has 0 aromatic carbocycles. The van der Waals surface area contributed by atoms with Crippen molar-refractivity contribution in [2.24, 2.45) is 5.41 Å². The Bertz CT molecular complexity index is 1060. The van der Waals surface area contributed by atoms with E-state index in [1.807, 2.05) is 37.6 Å². The number of aryl methyl sites for hydroxylation is 1. The van der Waals surface area contributed by atoms with E-state index in [1.165, 1.54) is 32.4 Å². The van der Waals surface area contributed by atoms with Crippen molar-refractivity contribution in [2.75, 3.05) is 30.7 Å². The van der Waals surface area contributed by atoms with Crippen LogP contribution in [0, 0.1) is 5.41 Å². The topological polar surface area (TPSA) is 120 Å². The van der Waals surface area contributed by atoms with E-state index in [9.17, 15) is 4.79 Å². The number of nitrogens with one attached hydrogen (secondary N) is 1. The summed E-state index contributed by atoms with van der Waals surface area (Å²) in [7, 11) is 0. The number of unbranched alkanes of at least 4 members (excludes halogenated alkanes) is 1. The first-order valence-electron chi connectivity index (χ1n) is 11.4. The summed E-state index contributed by atoms with van der Waals surface area (Å²) < 4.78 is 3.72. The summed E-state index contributed by atoms with van der Waals surface area (Å²) in [6, 6.07) is 1.85. The second-order valence-electron chi connectivity index (χ2n) is 9.43. The third-order valence-corrected chi connectivity index (χ3v) is 5.77. The van der Waals surface area contributed by atoms with Crippen LogP contribution in [0.15, 0.2) is 18.5 Å². The molecule has 4 heterocycles. The van der Waals surface area contributed by atoms with Gasteiger partial charge in [-0.15, -0.1) is 0 Å². The Kier molecular flexibility index (Phi) is 6.40. The number of amides is 1. The maximum Gasteiger partial charge on any atom is 0.233 e. The first kappa shape index (κ1) is 22.2. The molecule has 3 aromatic rings. The van der Waals surface area contributed by atoms with Crippen LogP contribution in [0.3, 0.4) is 0 Å². The smallest absolute Gasteiger partial charge is 0.233 e. The second-order valence-corrected chi connectivity index (χ2v) is 9.43. The van der Waals surface area contributed by atoms with Crippen molar-refractivity contribution in [1.29, 1.82) is 0 Å². The minimum atomic E-state index is -0.567. The molecular weight excluding hydrogens is 406 g/mol. The molecule has 0 radical (unpaired) electrons. The van der Waals surface area contributed by atoms with E-state index in [-0.39, 0.29) is 17.7 Å². The summed E-state index contributed by atoms with van der Waals surface area (Å²) in [4.78, 5) is 28.6. The standard InChI is InChI=1S/C22H33N9O/c1-22(2,3)19(32)28-20-26-17(23)16-18(27-20)30(21(25-16)31-15-9-10-24-31)14-8-7-13-29-11-5-4-6-12-29/h9-10,15H,4-8,11-14H2,1-3H3,(H3,23,26,27,28,32). The average molecular weight is 440 g/mol. The van der Waals surface area contributed by atoms with Crippen LogP contribution in [-0.2, 0) is 11.3 Å². The van der Waals surface area contributed by atoms with E-state index in [2.05, 4.69) is 30.3 Å². The van der Waals surface area contributed by atoms with Crippen molar-refractivity contribution in [3.8, 4) is 5.95 Å². The Balaban J connectivity index is 1.60. The molecule has 172 valence electrons. The Labute approximate surface area is 188 Å². The van der Waals surface area contributed by atoms with Gasteiger partial charge in [0.15, 0.2) is 17.0 Å². The molecule has 4 rings (SSSR count). The van der Waals surface area contributed by atoms with Crippen LogP contribution >= 0.6 is 0 Å². The number of nitrogens with two attached hydrogens (primary N) is 1. The van der Waals surface area contributed by atoms with E-state index >= 15 is 0 Å². The number of anilines is 2. The molecule has 1 amide bonds. The highest BCUT2D eigenvalue weighted by atomic mass is 16.2. The van der Waals surface area contributed by atoms with Crippen molar-refractivity contribution < 1.29 is 4.79 Å². The van der Waals surface area contributed by atoms with E-state index in [4.69, 9.17) is 5.73 Å². The molecule has 3 N–H and O–H groups in total. The summed E-state index contributed by atoms with van der Waals surface area (Å²) in [5, 5.41) is 7.13. The van der Waals surface area contributed by atoms with Gasteiger partial charge in [0.05, 0.1) is 0 Å². The molecule has 0 atom stereocenters. The number of piperidine rings is 1. The van der Waals surface area contributed by atoms with Crippen LogP contribution in [0.5, 0.6) is 0 Å². The number of nitrogen functional groups attached to an aromatic ring is 1. The number of carbonyl (C=O) groups excluding carboxylic acids is 1. The summed E-state index contributed by atoms with van der Waals surface area (Å²) in [5.74, 6) is 0.899. The molecule has 32 heavy (non-hydrogen) atoms. The van der Waals surface area contributed by atoms with Gasteiger partial charge in [0.1, 0.15) is 0 Å². The highest BCUT2D eigenvalue weighted by molar-refractivity contribution is 5.94. The SMILES string of the molecule is CC(C)(C)C(=O)Nc1nc(N)c2nc(-n3cccn3)n(CCCCN3CCCCC3)c2n1. The fourth-order valence-electron chi connectivity index (χ4n) is 3.91. The van der Waals surface area contributed by atoms with Gasteiger partial charge in [0, 0.05) is 24.4 Å². The van der Waals surface area contributed by atoms with Gasteiger partial charge >= 0.3 is 0 Å². The van der Waals surface area contributed by atoms with Crippen LogP contribution in [0.1, 0.15) is 52.9 Å². The van der Waals surface area contributed by atoms with E-state index in [1.54, 1.807) is 10.9 Å². The first-order valence-corrected chi connectivity index (χ1v) is 11.4. The van der Waals surface area contributed by atoms with Crippen molar-refractivity contribution in [1.82, 2.24) is 34.2 Å². The number of aromatic nitrogens is 6. The summed E-state index contributed by atoms with van der Waals surface area (Å²) >= 11 is 0. The molecule has 10 nitrogen and oxygen atoms in total. The minimum absolute atomic E-state index is 0.170. The fourth-order valence-corrected chi connectivity index (χ4v) is 3.91. The largest absolute Gasteiger partial charge is 0.382 e. The highest BCUT2D eigenvalue weighted by Crippen LogP contribution is 2.24. The van der Waals surface area contributed by atoms with Crippen molar-refractivity contribution in [3.05, 3.63) is 18.5 Å². The van der Waals surface area contributed by atoms with Gasteiger partial charge in [-0.3, -0.25) is 14.7 Å². The number of fused-ring (bicyclic) bond motifs is 1. The van der Waals surface area contributed by atoms with Crippen molar-refractivity contribution in [2.45, 2.75) is 59.4 Å². The van der Waals surface area contributed by atoms with E-state index in [0.29, 0.717) is 17.1 Å². The highest BCUT2D eigenvalue weighted by Gasteiger charge is 2.24. The van der Waals surface area contributed by atoms with E-state index in [0.717, 1.165) is 25.9 Å². The van der Waals surface area contributed by atoms with Gasteiger partial charge < -0.3 is 10.6 Å². The Morgan fingerprint density at radius 3 is 2.53 bits per heavy atom. The molecule has 3 aromatic heterocycles. The number of imidazole rings is 1. The maximum absolute atomic E-state index is 12.4. The Hall–Kier alpha value is -3.01. The Morgan fingerprint density at radius 1 is 1.09 bits per heavy atom. The number of carbonyl (C=O) groups is 1. The number of rotatable bonds is 7. The lowest BCUT2D eigenvalue weighted by Crippen LogP contribution is -2.30. The summed E-state index contributed by atoms with van der Waals surface area (Å²) in [6.07, 6.45) is 9.57. The number of nitrogens with zero attached hydrogens (tertiary/aromatic N) is 7. The third-order valence-electron chi connectivity index (χ3n) is 5.77. The van der Waals surface area contributed by atoms with Gasteiger partial charge in [-0.1, -0.05) is 27.2 Å². The molecule has 0 unspecified atom stereocenters. The van der Waals surface area contributed by atoms with Gasteiger partial charge in [0.25, 0.3) is 0 Å². The zero-order chi connectivity index (χ0) is 22.7. The monoisotopic (exact) mass is 439 g/mol. The Morgan fingerprint density at radius 2 is 1.84 bits per heavy atom. The number of likely N-dealkylation sites (tertiary alicyclic amines) is 1. The van der Waals surface area contributed by atoms with Gasteiger partial charge in [0.2, 0.25) is 17.8 Å². The first-order chi connectivity index (χ1) is 15.3. The molecular formula is C22H33N9O. The van der Waals surface area contributed by atoms with Crippen molar-refractivity contribution >= 4 is 28.8 Å². The van der Waals surface area contributed by atoms with Gasteiger partial charge in [-0.05, 0) is 51.4 Å². The normalized spacial score (nSPS) is 15.3. The molecule has 0 aliphatic carbocycles. The van der Waals surface area contributed by atoms with Gasteiger partial charge in [-0.25, -0.2) is 9.67 Å². The molecule has 0 spiro atoms. The minimum Gasteiger partial charge on any atom is -0.382 e. The maximum atomic E-state index is 12.4. The lowest BCUT2D eigenvalue weighted by Gasteiger charge is -2.26. The van der Waals surface area contributed by atoms with Gasteiger partial charge in [-0.2, -0.15) is 15.1 Å². The van der Waals surface area contributed by atoms with Crippen LogP contribution in [0.2, 0.25) is 0 Å². The molecule has 1 aliphatic heterocycles. The number of hydrogen-bond acceptors (Lipinski definition) is 7. The second kappa shape index (κ2) is 9.23. The van der Waals surface area contributed by atoms with Crippen LogP contribution in [0.25, 0.3) is 17.1 Å².